The molecule has 0 aliphatic heterocycles. The highest BCUT2D eigenvalue weighted by molar-refractivity contribution is 7.09. The molecule has 0 aliphatic rings. The largest absolute Gasteiger partial charge is 0.377 e. The summed E-state index contributed by atoms with van der Waals surface area (Å²) < 4.78 is 13.7. The molecule has 1 N–H and O–H groups in total. The van der Waals surface area contributed by atoms with Crippen LogP contribution in [0.4, 0.5) is 10.1 Å². The molecule has 0 spiro atoms. The molecule has 1 atom stereocenters. The Morgan fingerprint density at radius 2 is 2.16 bits per heavy atom. The van der Waals surface area contributed by atoms with E-state index >= 15 is 0 Å². The lowest BCUT2D eigenvalue weighted by Gasteiger charge is -2.17. The van der Waals surface area contributed by atoms with E-state index in [2.05, 4.69) is 10.3 Å². The average Bonchev–Trinajstić information content (AvgIpc) is 2.80. The third-order valence-corrected chi connectivity index (χ3v) is 4.14. The molecule has 1 heterocycles. The maximum atomic E-state index is 13.7. The van der Waals surface area contributed by atoms with Crippen molar-refractivity contribution >= 4 is 17.0 Å². The summed E-state index contributed by atoms with van der Waals surface area (Å²) in [6.07, 6.45) is 0. The normalized spacial score (nSPS) is 11.9. The number of thiazole rings is 1. The molecule has 1 unspecified atom stereocenters. The van der Waals surface area contributed by atoms with E-state index in [0.29, 0.717) is 16.8 Å². The van der Waals surface area contributed by atoms with Crippen LogP contribution >= 0.6 is 11.3 Å². The minimum Gasteiger partial charge on any atom is -0.377 e. The van der Waals surface area contributed by atoms with Crippen molar-refractivity contribution in [2.24, 2.45) is 0 Å². The average molecular weight is 275 g/mol. The number of nitrogens with zero attached hydrogens (tertiary/aromatic N) is 2. The second-order valence-electron chi connectivity index (χ2n) is 4.41. The van der Waals surface area contributed by atoms with Crippen LogP contribution < -0.4 is 5.32 Å². The lowest BCUT2D eigenvalue weighted by atomic mass is 10.1. The summed E-state index contributed by atoms with van der Waals surface area (Å²) in [6.45, 7) is 5.64. The molecule has 19 heavy (non-hydrogen) atoms. The predicted octanol–water partition coefficient (Wildman–Crippen LogP) is 3.94. The van der Waals surface area contributed by atoms with Gasteiger partial charge in [-0.3, -0.25) is 0 Å². The molecule has 1 aromatic carbocycles. The first-order valence-corrected chi connectivity index (χ1v) is 6.77. The molecule has 0 saturated carbocycles. The monoisotopic (exact) mass is 275 g/mol. The number of benzene rings is 1. The zero-order valence-electron chi connectivity index (χ0n) is 11.0. The molecular weight excluding hydrogens is 261 g/mol. The van der Waals surface area contributed by atoms with Crippen LogP contribution in [0.2, 0.25) is 0 Å². The van der Waals surface area contributed by atoms with E-state index in [1.807, 2.05) is 19.9 Å². The number of nitrogens with one attached hydrogen (secondary N) is 1. The minimum atomic E-state index is -0.366. The van der Waals surface area contributed by atoms with Crippen LogP contribution in [0.15, 0.2) is 17.6 Å². The first-order valence-electron chi connectivity index (χ1n) is 5.89. The molecule has 2 aromatic rings. The minimum absolute atomic E-state index is 0.0274. The summed E-state index contributed by atoms with van der Waals surface area (Å²) in [6, 6.07) is 4.92. The van der Waals surface area contributed by atoms with Gasteiger partial charge in [0.2, 0.25) is 0 Å². The topological polar surface area (TPSA) is 48.7 Å². The van der Waals surface area contributed by atoms with Gasteiger partial charge in [0.25, 0.3) is 0 Å². The summed E-state index contributed by atoms with van der Waals surface area (Å²) in [5, 5.41) is 12.1. The Morgan fingerprint density at radius 1 is 1.42 bits per heavy atom. The summed E-state index contributed by atoms with van der Waals surface area (Å²) in [7, 11) is 0. The molecule has 0 bridgehead atoms. The van der Waals surface area contributed by atoms with E-state index in [-0.39, 0.29) is 11.9 Å². The Kier molecular flexibility index (Phi) is 3.82. The molecule has 0 fully saturated rings. The number of halogens is 1. The summed E-state index contributed by atoms with van der Waals surface area (Å²) >= 11 is 1.56. The third kappa shape index (κ3) is 2.74. The van der Waals surface area contributed by atoms with Crippen LogP contribution in [-0.2, 0) is 0 Å². The molecule has 0 radical (unpaired) electrons. The van der Waals surface area contributed by atoms with Gasteiger partial charge in [-0.05, 0) is 32.9 Å². The van der Waals surface area contributed by atoms with Crippen molar-refractivity contribution in [1.29, 1.82) is 5.26 Å². The maximum Gasteiger partial charge on any atom is 0.129 e. The van der Waals surface area contributed by atoms with Crippen LogP contribution in [0.3, 0.4) is 0 Å². The van der Waals surface area contributed by atoms with Gasteiger partial charge in [0.1, 0.15) is 5.82 Å². The van der Waals surface area contributed by atoms with E-state index in [4.69, 9.17) is 5.26 Å². The van der Waals surface area contributed by atoms with Gasteiger partial charge in [0.15, 0.2) is 0 Å². The molecular formula is C14H14FN3S. The van der Waals surface area contributed by atoms with Crippen molar-refractivity contribution < 1.29 is 4.39 Å². The molecule has 2 rings (SSSR count). The second kappa shape index (κ2) is 5.37. The van der Waals surface area contributed by atoms with Gasteiger partial charge < -0.3 is 5.32 Å². The lowest BCUT2D eigenvalue weighted by Crippen LogP contribution is -2.08. The first kappa shape index (κ1) is 13.5. The van der Waals surface area contributed by atoms with Crippen LogP contribution in [0, 0.1) is 31.0 Å². The highest BCUT2D eigenvalue weighted by Gasteiger charge is 2.14. The number of aryl methyl sites for hydroxylation is 1. The standard InChI is InChI=1S/C14H14FN3S/c1-8-12(15)4-11(6-16)5-13(8)18-10(3)14-9(2)17-7-19-14/h4-5,7,10,18H,1-3H3. The van der Waals surface area contributed by atoms with Crippen molar-refractivity contribution in [3.05, 3.63) is 45.2 Å². The number of aromatic nitrogens is 1. The van der Waals surface area contributed by atoms with Gasteiger partial charge in [-0.15, -0.1) is 11.3 Å². The highest BCUT2D eigenvalue weighted by Crippen LogP contribution is 2.28. The van der Waals surface area contributed by atoms with Gasteiger partial charge in [0.05, 0.1) is 28.9 Å². The zero-order valence-corrected chi connectivity index (χ0v) is 11.8. The Balaban J connectivity index is 2.31. The van der Waals surface area contributed by atoms with Crippen molar-refractivity contribution in [2.75, 3.05) is 5.32 Å². The maximum absolute atomic E-state index is 13.7. The van der Waals surface area contributed by atoms with Gasteiger partial charge >= 0.3 is 0 Å². The molecule has 98 valence electrons. The van der Waals surface area contributed by atoms with Crippen LogP contribution in [0.1, 0.15) is 34.7 Å². The molecule has 1 aromatic heterocycles. The van der Waals surface area contributed by atoms with Crippen LogP contribution in [-0.4, -0.2) is 4.98 Å². The quantitative estimate of drug-likeness (QED) is 0.922. The van der Waals surface area contributed by atoms with Gasteiger partial charge in [-0.25, -0.2) is 9.37 Å². The molecule has 5 heteroatoms. The number of anilines is 1. The highest BCUT2D eigenvalue weighted by atomic mass is 32.1. The fraction of sp³-hybridized carbons (Fsp3) is 0.286. The fourth-order valence-electron chi connectivity index (χ4n) is 1.92. The second-order valence-corrected chi connectivity index (χ2v) is 5.30. The van der Waals surface area contributed by atoms with Crippen molar-refractivity contribution in [3.63, 3.8) is 0 Å². The summed E-state index contributed by atoms with van der Waals surface area (Å²) in [5.41, 5.74) is 4.25. The van der Waals surface area contributed by atoms with Gasteiger partial charge in [0, 0.05) is 16.1 Å². The number of rotatable bonds is 3. The number of nitriles is 1. The van der Waals surface area contributed by atoms with Crippen molar-refractivity contribution in [1.82, 2.24) is 4.98 Å². The van der Waals surface area contributed by atoms with E-state index in [0.717, 1.165) is 10.6 Å². The smallest absolute Gasteiger partial charge is 0.129 e. The Labute approximate surface area is 115 Å². The van der Waals surface area contributed by atoms with Gasteiger partial charge in [-0.1, -0.05) is 0 Å². The molecule has 3 nitrogen and oxygen atoms in total. The molecule has 0 amide bonds. The van der Waals surface area contributed by atoms with E-state index in [9.17, 15) is 4.39 Å². The van der Waals surface area contributed by atoms with Crippen molar-refractivity contribution in [2.45, 2.75) is 26.8 Å². The lowest BCUT2D eigenvalue weighted by molar-refractivity contribution is 0.618. The van der Waals surface area contributed by atoms with Gasteiger partial charge in [-0.2, -0.15) is 5.26 Å². The van der Waals surface area contributed by atoms with E-state index in [1.54, 1.807) is 29.8 Å². The third-order valence-electron chi connectivity index (χ3n) is 3.02. The fourth-order valence-corrected chi connectivity index (χ4v) is 2.73. The summed E-state index contributed by atoms with van der Waals surface area (Å²) in [5.74, 6) is -0.366. The Bertz CT molecular complexity index is 643. The van der Waals surface area contributed by atoms with Crippen molar-refractivity contribution in [3.8, 4) is 6.07 Å². The molecule has 0 saturated heterocycles. The van der Waals surface area contributed by atoms with E-state index < -0.39 is 0 Å². The van der Waals surface area contributed by atoms with Crippen LogP contribution in [0.25, 0.3) is 0 Å². The van der Waals surface area contributed by atoms with Crippen LogP contribution in [0.5, 0.6) is 0 Å². The predicted molar refractivity (Wildman–Crippen MR) is 74.7 cm³/mol. The zero-order chi connectivity index (χ0) is 14.0. The van der Waals surface area contributed by atoms with E-state index in [1.165, 1.54) is 6.07 Å². The SMILES string of the molecule is Cc1ncsc1C(C)Nc1cc(C#N)cc(F)c1C. The Morgan fingerprint density at radius 3 is 2.74 bits per heavy atom. The molecule has 0 aliphatic carbocycles. The first-order chi connectivity index (χ1) is 9.02. The number of hydrogen-bond acceptors (Lipinski definition) is 4. The number of hydrogen-bond donors (Lipinski definition) is 1. The summed E-state index contributed by atoms with van der Waals surface area (Å²) in [4.78, 5) is 5.32. The Hall–Kier alpha value is -1.93.